The molecule has 49 heavy (non-hydrogen) atoms. The predicted octanol–water partition coefficient (Wildman–Crippen LogP) is 6.07. The normalized spacial score (nSPS) is 17.9. The van der Waals surface area contributed by atoms with E-state index in [2.05, 4.69) is 11.6 Å². The van der Waals surface area contributed by atoms with Gasteiger partial charge in [-0.3, -0.25) is 23.9 Å². The summed E-state index contributed by atoms with van der Waals surface area (Å²) in [7, 11) is 0. The summed E-state index contributed by atoms with van der Waals surface area (Å²) in [5.41, 5.74) is -5.70. The number of pyridine rings is 2. The van der Waals surface area contributed by atoms with Crippen LogP contribution in [0.1, 0.15) is 37.9 Å². The SMILES string of the molecule is C=CC(=O)N1CC2C(=O)N(C(F)(F)F)c3c(c4cc(F)c(-c5c(O)cccc5F)c(F)c4n(-c4c(C)ccnc4C(C)C)c3=O)N2CC1C. The Kier molecular flexibility index (Phi) is 7.99. The minimum Gasteiger partial charge on any atom is -0.507 e. The molecule has 0 radical (unpaired) electrons. The summed E-state index contributed by atoms with van der Waals surface area (Å²) in [6, 6.07) is 2.56. The van der Waals surface area contributed by atoms with Gasteiger partial charge in [-0.05, 0) is 55.7 Å². The zero-order valence-electron chi connectivity index (χ0n) is 26.6. The van der Waals surface area contributed by atoms with Crippen LogP contribution in [-0.2, 0) is 9.59 Å². The van der Waals surface area contributed by atoms with Gasteiger partial charge in [0.1, 0.15) is 29.1 Å². The average Bonchev–Trinajstić information content (AvgIpc) is 3.02. The van der Waals surface area contributed by atoms with Crippen LogP contribution in [0.15, 0.2) is 54.0 Å². The topological polar surface area (TPSA) is 99.0 Å². The molecular formula is C34H29F6N5O4. The van der Waals surface area contributed by atoms with E-state index in [-0.39, 0.29) is 23.5 Å². The van der Waals surface area contributed by atoms with E-state index in [0.29, 0.717) is 10.6 Å². The van der Waals surface area contributed by atoms with E-state index in [4.69, 9.17) is 0 Å². The van der Waals surface area contributed by atoms with E-state index < -0.39 is 110 Å². The van der Waals surface area contributed by atoms with E-state index in [1.807, 2.05) is 0 Å². The maximum atomic E-state index is 17.2. The summed E-state index contributed by atoms with van der Waals surface area (Å²) in [4.78, 5) is 47.0. The van der Waals surface area contributed by atoms with Gasteiger partial charge in [0, 0.05) is 24.2 Å². The highest BCUT2D eigenvalue weighted by Gasteiger charge is 2.55. The van der Waals surface area contributed by atoms with Crippen molar-refractivity contribution in [1.82, 2.24) is 14.5 Å². The van der Waals surface area contributed by atoms with Gasteiger partial charge in [-0.25, -0.2) is 18.1 Å². The number of amides is 2. The van der Waals surface area contributed by atoms with Crippen LogP contribution in [-0.4, -0.2) is 62.8 Å². The van der Waals surface area contributed by atoms with Crippen LogP contribution in [0.25, 0.3) is 27.7 Å². The second kappa shape index (κ2) is 11.7. The van der Waals surface area contributed by atoms with Crippen LogP contribution in [0.2, 0.25) is 0 Å². The Balaban J connectivity index is 1.85. The van der Waals surface area contributed by atoms with Gasteiger partial charge in [0.05, 0.1) is 40.3 Å². The lowest BCUT2D eigenvalue weighted by Crippen LogP contribution is -2.68. The Bertz CT molecular complexity index is 2130. The number of carbonyl (C=O) groups excluding carboxylic acids is 2. The van der Waals surface area contributed by atoms with Crippen molar-refractivity contribution in [2.45, 2.75) is 52.0 Å². The molecule has 0 saturated carbocycles. The Morgan fingerprint density at radius 1 is 1.04 bits per heavy atom. The first kappa shape index (κ1) is 33.6. The first-order valence-electron chi connectivity index (χ1n) is 15.2. The number of hydrogen-bond acceptors (Lipinski definition) is 6. The van der Waals surface area contributed by atoms with E-state index in [1.165, 1.54) is 19.2 Å². The zero-order chi connectivity index (χ0) is 35.9. The zero-order valence-corrected chi connectivity index (χ0v) is 26.6. The van der Waals surface area contributed by atoms with Crippen molar-refractivity contribution in [2.24, 2.45) is 0 Å². The molecule has 2 aromatic heterocycles. The highest BCUT2D eigenvalue weighted by molar-refractivity contribution is 6.13. The largest absolute Gasteiger partial charge is 0.507 e. The summed E-state index contributed by atoms with van der Waals surface area (Å²) in [6.07, 6.45) is -3.17. The fourth-order valence-corrected chi connectivity index (χ4v) is 6.79. The van der Waals surface area contributed by atoms with E-state index in [0.717, 1.165) is 34.1 Å². The Hall–Kier alpha value is -5.34. The monoisotopic (exact) mass is 685 g/mol. The van der Waals surface area contributed by atoms with Crippen LogP contribution < -0.4 is 15.4 Å². The lowest BCUT2D eigenvalue weighted by atomic mass is 9.94. The summed E-state index contributed by atoms with van der Waals surface area (Å²) < 4.78 is 94.1. The predicted molar refractivity (Wildman–Crippen MR) is 169 cm³/mol. The molecule has 1 saturated heterocycles. The van der Waals surface area contributed by atoms with Gasteiger partial charge in [0.15, 0.2) is 5.82 Å². The number of aromatic nitrogens is 2. The molecule has 2 aliphatic rings. The van der Waals surface area contributed by atoms with Gasteiger partial charge in [-0.2, -0.15) is 0 Å². The molecule has 256 valence electrons. The van der Waals surface area contributed by atoms with Crippen molar-refractivity contribution in [3.63, 3.8) is 0 Å². The third-order valence-corrected chi connectivity index (χ3v) is 8.93. The van der Waals surface area contributed by atoms with Crippen molar-refractivity contribution in [3.8, 4) is 22.6 Å². The van der Waals surface area contributed by atoms with E-state index in [9.17, 15) is 32.7 Å². The summed E-state index contributed by atoms with van der Waals surface area (Å²) >= 11 is 0. The van der Waals surface area contributed by atoms with Crippen molar-refractivity contribution >= 4 is 34.1 Å². The summed E-state index contributed by atoms with van der Waals surface area (Å²) in [5.74, 6) is -7.81. The highest BCUT2D eigenvalue weighted by atomic mass is 19.4. The number of phenols is 1. The molecular weight excluding hydrogens is 656 g/mol. The smallest absolute Gasteiger partial charge is 0.491 e. The lowest BCUT2D eigenvalue weighted by molar-refractivity contribution is -0.152. The molecule has 2 aliphatic heterocycles. The minimum atomic E-state index is -5.50. The molecule has 0 aliphatic carbocycles. The first-order valence-corrected chi connectivity index (χ1v) is 15.2. The van der Waals surface area contributed by atoms with E-state index in [1.54, 1.807) is 20.8 Å². The fourth-order valence-electron chi connectivity index (χ4n) is 6.79. The molecule has 15 heteroatoms. The number of carbonyl (C=O) groups is 2. The second-order valence-electron chi connectivity index (χ2n) is 12.3. The maximum absolute atomic E-state index is 17.2. The molecule has 2 amide bonds. The number of aryl methyl sites for hydroxylation is 1. The van der Waals surface area contributed by atoms with Gasteiger partial charge in [0.2, 0.25) is 5.91 Å². The van der Waals surface area contributed by atoms with Crippen molar-refractivity contribution in [1.29, 1.82) is 0 Å². The average molecular weight is 686 g/mol. The molecule has 4 aromatic rings. The van der Waals surface area contributed by atoms with Crippen LogP contribution in [0.4, 0.5) is 37.7 Å². The number of fused-ring (bicyclic) bond motifs is 5. The quantitative estimate of drug-likeness (QED) is 0.159. The molecule has 2 atom stereocenters. The van der Waals surface area contributed by atoms with Crippen LogP contribution in [0.5, 0.6) is 5.75 Å². The number of hydrogen-bond donors (Lipinski definition) is 1. The van der Waals surface area contributed by atoms with Gasteiger partial charge in [-0.15, -0.1) is 13.2 Å². The number of rotatable bonds is 4. The molecule has 0 bridgehead atoms. The first-order chi connectivity index (χ1) is 23.0. The van der Waals surface area contributed by atoms with Crippen LogP contribution in [0, 0.1) is 24.4 Å². The number of benzene rings is 2. The molecule has 1 N–H and O–H groups in total. The lowest BCUT2D eigenvalue weighted by Gasteiger charge is -2.50. The molecule has 2 aromatic carbocycles. The number of anilines is 2. The third kappa shape index (κ3) is 5.01. The Morgan fingerprint density at radius 3 is 2.35 bits per heavy atom. The molecule has 1 fully saturated rings. The Labute approximate surface area is 275 Å². The van der Waals surface area contributed by atoms with Gasteiger partial charge >= 0.3 is 6.30 Å². The molecule has 6 rings (SSSR count). The second-order valence-corrected chi connectivity index (χ2v) is 12.3. The van der Waals surface area contributed by atoms with Crippen molar-refractivity contribution in [3.05, 3.63) is 88.2 Å². The number of alkyl halides is 3. The van der Waals surface area contributed by atoms with Crippen LogP contribution >= 0.6 is 0 Å². The molecule has 9 nitrogen and oxygen atoms in total. The fraction of sp³-hybridized carbons (Fsp3) is 0.294. The minimum absolute atomic E-state index is 0.129. The van der Waals surface area contributed by atoms with Gasteiger partial charge in [-0.1, -0.05) is 26.5 Å². The third-order valence-electron chi connectivity index (χ3n) is 8.93. The van der Waals surface area contributed by atoms with Crippen molar-refractivity contribution < 1.29 is 41.0 Å². The molecule has 2 unspecified atom stereocenters. The summed E-state index contributed by atoms with van der Waals surface area (Å²) in [6.45, 7) is 8.95. The number of piperazine rings is 1. The highest BCUT2D eigenvalue weighted by Crippen LogP contribution is 2.48. The van der Waals surface area contributed by atoms with Gasteiger partial charge in [0.25, 0.3) is 11.5 Å². The van der Waals surface area contributed by atoms with E-state index >= 15 is 13.2 Å². The molecule has 4 heterocycles. The Morgan fingerprint density at radius 2 is 1.73 bits per heavy atom. The number of aromatic hydroxyl groups is 1. The molecule has 0 spiro atoms. The number of halogens is 6. The number of nitrogens with zero attached hydrogens (tertiary/aromatic N) is 5. The van der Waals surface area contributed by atoms with Crippen molar-refractivity contribution in [2.75, 3.05) is 22.9 Å². The van der Waals surface area contributed by atoms with Gasteiger partial charge < -0.3 is 14.9 Å². The summed E-state index contributed by atoms with van der Waals surface area (Å²) in [5, 5.41) is 9.97. The maximum Gasteiger partial charge on any atom is 0.491 e. The standard InChI is InChI=1S/C34H29F6N5O4/c1-6-23(47)42-14-21-32(48)45(34(38,39)40)31-30(43(21)13-17(42)5)18-12-20(36)25(24-19(35)8-7-9-22(24)46)26(37)29(18)44(33(31)49)28-16(4)10-11-41-27(28)15(2)3/h6-12,15,17,21,46H,1,13-14H2,2-5H3. The number of phenolic OH excluding ortho intramolecular Hbond substituents is 1. The van der Waals surface area contributed by atoms with Crippen LogP contribution in [0.3, 0.4) is 0 Å².